The molecule has 0 bridgehead atoms. The van der Waals surface area contributed by atoms with E-state index in [2.05, 4.69) is 33.7 Å². The number of carbonyl (C=O) groups is 1. The second-order valence-corrected chi connectivity index (χ2v) is 9.89. The van der Waals surface area contributed by atoms with Gasteiger partial charge in [0.15, 0.2) is 6.29 Å². The fourth-order valence-electron chi connectivity index (χ4n) is 4.43. The van der Waals surface area contributed by atoms with Crippen molar-refractivity contribution in [3.63, 3.8) is 0 Å². The molecule has 0 saturated heterocycles. The van der Waals surface area contributed by atoms with Gasteiger partial charge in [0.2, 0.25) is 0 Å². The van der Waals surface area contributed by atoms with Crippen LogP contribution in [0.3, 0.4) is 0 Å². The summed E-state index contributed by atoms with van der Waals surface area (Å²) in [5.41, 5.74) is 6.36. The van der Waals surface area contributed by atoms with E-state index in [1.807, 2.05) is 50.4 Å². The van der Waals surface area contributed by atoms with E-state index in [4.69, 9.17) is 15.0 Å². The molecule has 0 radical (unpaired) electrons. The van der Waals surface area contributed by atoms with Crippen molar-refractivity contribution < 1.29 is 9.53 Å². The second kappa shape index (κ2) is 9.87. The predicted octanol–water partition coefficient (Wildman–Crippen LogP) is 5.50. The molecule has 0 fully saturated rings. The molecular weight excluding hydrogens is 456 g/mol. The number of nitriles is 1. The Morgan fingerprint density at radius 2 is 2.11 bits per heavy atom. The molecule has 0 amide bonds. The third-order valence-electron chi connectivity index (χ3n) is 6.54. The van der Waals surface area contributed by atoms with Crippen molar-refractivity contribution in [1.82, 2.24) is 14.5 Å². The molecular formula is C28H26N4O2S. The fraction of sp³-hybridized carbons (Fsp3) is 0.250. The lowest BCUT2D eigenvalue weighted by atomic mass is 9.99. The third-order valence-corrected chi connectivity index (χ3v) is 7.48. The van der Waals surface area contributed by atoms with Gasteiger partial charge in [-0.25, -0.2) is 4.98 Å². The summed E-state index contributed by atoms with van der Waals surface area (Å²) in [7, 11) is 2.02. The van der Waals surface area contributed by atoms with Crippen molar-refractivity contribution in [2.45, 2.75) is 26.5 Å². The molecule has 35 heavy (non-hydrogen) atoms. The van der Waals surface area contributed by atoms with Crippen molar-refractivity contribution >= 4 is 33.5 Å². The second-order valence-electron chi connectivity index (χ2n) is 8.83. The molecule has 2 aromatic carbocycles. The monoisotopic (exact) mass is 482 g/mol. The van der Waals surface area contributed by atoms with Crippen molar-refractivity contribution in [2.75, 3.05) is 13.1 Å². The van der Waals surface area contributed by atoms with E-state index in [9.17, 15) is 4.79 Å². The number of aryl methyl sites for hydroxylation is 2. The first kappa shape index (κ1) is 23.0. The predicted molar refractivity (Wildman–Crippen MR) is 139 cm³/mol. The van der Waals surface area contributed by atoms with E-state index >= 15 is 0 Å². The highest BCUT2D eigenvalue weighted by molar-refractivity contribution is 7.20. The molecule has 0 spiro atoms. The van der Waals surface area contributed by atoms with E-state index < -0.39 is 0 Å². The maximum Gasteiger partial charge on any atom is 0.160 e. The van der Waals surface area contributed by atoms with Crippen LogP contribution in [0, 0.1) is 18.3 Å². The first-order valence-electron chi connectivity index (χ1n) is 11.6. The Kier molecular flexibility index (Phi) is 6.49. The zero-order chi connectivity index (χ0) is 24.4. The van der Waals surface area contributed by atoms with Crippen molar-refractivity contribution in [3.05, 3.63) is 87.6 Å². The number of aldehydes is 1. The fourth-order valence-corrected chi connectivity index (χ4v) is 5.33. The van der Waals surface area contributed by atoms with Gasteiger partial charge < -0.3 is 9.30 Å². The number of nitrogens with zero attached hydrogens (tertiary/aromatic N) is 4. The summed E-state index contributed by atoms with van der Waals surface area (Å²) in [5.74, 6) is 1.87. The highest BCUT2D eigenvalue weighted by Crippen LogP contribution is 2.28. The summed E-state index contributed by atoms with van der Waals surface area (Å²) in [6.07, 6.45) is 4.15. The van der Waals surface area contributed by atoms with Crippen LogP contribution in [-0.4, -0.2) is 33.8 Å². The molecule has 0 unspecified atom stereocenters. The van der Waals surface area contributed by atoms with Gasteiger partial charge in [0.1, 0.15) is 23.0 Å². The average molecular weight is 483 g/mol. The SMILES string of the molecule is Cc1cc(C#N)ccc1COc1cccc(C2=CCN(Cc3nc4sc(C=O)cc4n3C)CC2)c1. The molecule has 0 N–H and O–H groups in total. The minimum atomic E-state index is 0.475. The number of ether oxygens (including phenoxy) is 1. The largest absolute Gasteiger partial charge is 0.489 e. The van der Waals surface area contributed by atoms with Crippen molar-refractivity contribution in [3.8, 4) is 11.8 Å². The van der Waals surface area contributed by atoms with Crippen LogP contribution in [0.15, 0.2) is 54.6 Å². The third kappa shape index (κ3) is 4.90. The number of thiophene rings is 1. The van der Waals surface area contributed by atoms with E-state index in [-0.39, 0.29) is 0 Å². The maximum atomic E-state index is 11.0. The summed E-state index contributed by atoms with van der Waals surface area (Å²) < 4.78 is 8.17. The topological polar surface area (TPSA) is 71.2 Å². The lowest BCUT2D eigenvalue weighted by Crippen LogP contribution is -2.29. The zero-order valence-electron chi connectivity index (χ0n) is 19.8. The van der Waals surface area contributed by atoms with Crippen LogP contribution < -0.4 is 4.74 Å². The van der Waals surface area contributed by atoms with Gasteiger partial charge in [0.05, 0.1) is 28.6 Å². The minimum Gasteiger partial charge on any atom is -0.489 e. The number of benzene rings is 2. The highest BCUT2D eigenvalue weighted by Gasteiger charge is 2.18. The molecule has 5 rings (SSSR count). The van der Waals surface area contributed by atoms with Gasteiger partial charge in [-0.3, -0.25) is 9.69 Å². The maximum absolute atomic E-state index is 11.0. The zero-order valence-corrected chi connectivity index (χ0v) is 20.6. The van der Waals surface area contributed by atoms with Crippen LogP contribution >= 0.6 is 11.3 Å². The lowest BCUT2D eigenvalue weighted by molar-refractivity contribution is 0.112. The molecule has 3 heterocycles. The molecule has 176 valence electrons. The summed E-state index contributed by atoms with van der Waals surface area (Å²) >= 11 is 1.44. The van der Waals surface area contributed by atoms with E-state index in [0.29, 0.717) is 17.0 Å². The summed E-state index contributed by atoms with van der Waals surface area (Å²) in [6.45, 7) is 5.09. The Morgan fingerprint density at radius 1 is 1.23 bits per heavy atom. The minimum absolute atomic E-state index is 0.475. The summed E-state index contributed by atoms with van der Waals surface area (Å²) in [6, 6.07) is 18.0. The first-order chi connectivity index (χ1) is 17.0. The molecule has 1 aliphatic heterocycles. The van der Waals surface area contributed by atoms with Gasteiger partial charge in [0.25, 0.3) is 0 Å². The van der Waals surface area contributed by atoms with Crippen LogP contribution in [0.1, 0.15) is 44.2 Å². The number of hydrogen-bond acceptors (Lipinski definition) is 6. The van der Waals surface area contributed by atoms with Gasteiger partial charge in [-0.15, -0.1) is 11.3 Å². The quantitative estimate of drug-likeness (QED) is 0.326. The molecule has 0 atom stereocenters. The number of fused-ring (bicyclic) bond motifs is 1. The van der Waals surface area contributed by atoms with Gasteiger partial charge in [-0.1, -0.05) is 24.3 Å². The Bertz CT molecular complexity index is 1470. The molecule has 6 nitrogen and oxygen atoms in total. The van der Waals surface area contributed by atoms with Crippen LogP contribution in [0.25, 0.3) is 15.9 Å². The Hall–Kier alpha value is -3.73. The summed E-state index contributed by atoms with van der Waals surface area (Å²) in [4.78, 5) is 19.8. The summed E-state index contributed by atoms with van der Waals surface area (Å²) in [5, 5.41) is 9.05. The number of carbonyl (C=O) groups excluding carboxylic acids is 1. The molecule has 2 aromatic heterocycles. The Morgan fingerprint density at radius 3 is 2.83 bits per heavy atom. The number of imidazole rings is 1. The van der Waals surface area contributed by atoms with Gasteiger partial charge in [0, 0.05) is 20.1 Å². The molecule has 0 saturated carbocycles. The van der Waals surface area contributed by atoms with Crippen LogP contribution in [0.4, 0.5) is 0 Å². The lowest BCUT2D eigenvalue weighted by Gasteiger charge is -2.26. The number of hydrogen-bond donors (Lipinski definition) is 0. The standard InChI is InChI=1S/C28H26N4O2S/c1-19-12-20(15-29)6-7-23(19)18-34-24-5-3-4-22(13-24)21-8-10-32(11-9-21)16-27-30-28-26(31(27)2)14-25(17-33)35-28/h3-8,12-14,17H,9-11,16,18H2,1-2H3. The number of rotatable bonds is 7. The Labute approximate surface area is 208 Å². The van der Waals surface area contributed by atoms with Crippen LogP contribution in [0.5, 0.6) is 5.75 Å². The van der Waals surface area contributed by atoms with E-state index in [1.54, 1.807) is 0 Å². The molecule has 7 heteroatoms. The smallest absolute Gasteiger partial charge is 0.160 e. The van der Waals surface area contributed by atoms with E-state index in [1.165, 1.54) is 22.5 Å². The van der Waals surface area contributed by atoms with Gasteiger partial charge >= 0.3 is 0 Å². The highest BCUT2D eigenvalue weighted by atomic mass is 32.1. The molecule has 1 aliphatic rings. The number of aromatic nitrogens is 2. The average Bonchev–Trinajstić information content (AvgIpc) is 3.42. The first-order valence-corrected chi connectivity index (χ1v) is 12.4. The van der Waals surface area contributed by atoms with Crippen molar-refractivity contribution in [2.24, 2.45) is 7.05 Å². The Balaban J connectivity index is 1.22. The normalized spacial score (nSPS) is 14.0. The van der Waals surface area contributed by atoms with Crippen molar-refractivity contribution in [1.29, 1.82) is 5.26 Å². The van der Waals surface area contributed by atoms with Gasteiger partial charge in [-0.2, -0.15) is 5.26 Å². The molecule has 4 aromatic rings. The van der Waals surface area contributed by atoms with E-state index in [0.717, 1.165) is 65.4 Å². The van der Waals surface area contributed by atoms with Gasteiger partial charge in [-0.05, 0) is 65.9 Å². The van der Waals surface area contributed by atoms with Crippen LogP contribution in [0.2, 0.25) is 0 Å². The molecule has 0 aliphatic carbocycles. The van der Waals surface area contributed by atoms with Crippen LogP contribution in [-0.2, 0) is 20.2 Å².